The Bertz CT molecular complexity index is 592. The van der Waals surface area contributed by atoms with E-state index < -0.39 is 5.97 Å². The van der Waals surface area contributed by atoms with Crippen LogP contribution in [0, 0.1) is 5.92 Å². The number of aliphatic carboxylic acids is 1. The Morgan fingerprint density at radius 1 is 1.36 bits per heavy atom. The van der Waals surface area contributed by atoms with Gasteiger partial charge in [-0.25, -0.2) is 0 Å². The quantitative estimate of drug-likeness (QED) is 0.830. The second kappa shape index (κ2) is 7.45. The molecule has 6 heteroatoms. The molecule has 1 N–H and O–H groups in total. The first-order valence-corrected chi connectivity index (χ1v) is 7.84. The van der Waals surface area contributed by atoms with Crippen LogP contribution >= 0.6 is 15.9 Å². The molecule has 1 aliphatic heterocycles. The lowest BCUT2D eigenvalue weighted by atomic mass is 9.97. The summed E-state index contributed by atoms with van der Waals surface area (Å²) in [6.45, 7) is 0.964. The molecule has 0 unspecified atom stereocenters. The maximum Gasteiger partial charge on any atom is 0.306 e. The van der Waals surface area contributed by atoms with E-state index in [4.69, 9.17) is 9.84 Å². The maximum absolute atomic E-state index is 12.2. The van der Waals surface area contributed by atoms with Crippen LogP contribution in [0.25, 0.3) is 6.08 Å². The van der Waals surface area contributed by atoms with E-state index in [0.717, 1.165) is 10.0 Å². The number of amides is 1. The molecule has 2 rings (SSSR count). The average molecular weight is 368 g/mol. The van der Waals surface area contributed by atoms with Crippen molar-refractivity contribution in [2.75, 3.05) is 20.2 Å². The molecule has 1 saturated heterocycles. The molecule has 1 aromatic rings. The molecule has 1 fully saturated rings. The standard InChI is InChI=1S/C16H18BrNO4/c1-22-14-4-3-13(17)10-12(14)2-5-15(19)18-8-6-11(7-9-18)16(20)21/h2-5,10-11H,6-9H2,1H3,(H,20,21)/b5-2-. The first-order valence-electron chi connectivity index (χ1n) is 7.04. The van der Waals surface area contributed by atoms with Gasteiger partial charge in [-0.15, -0.1) is 0 Å². The van der Waals surface area contributed by atoms with E-state index in [2.05, 4.69) is 15.9 Å². The topological polar surface area (TPSA) is 66.8 Å². The van der Waals surface area contributed by atoms with Crippen LogP contribution in [0.5, 0.6) is 5.75 Å². The van der Waals surface area contributed by atoms with Gasteiger partial charge >= 0.3 is 5.97 Å². The number of carboxylic acids is 1. The molecule has 0 aromatic heterocycles. The number of methoxy groups -OCH3 is 1. The molecule has 0 radical (unpaired) electrons. The summed E-state index contributed by atoms with van der Waals surface area (Å²) in [4.78, 5) is 24.8. The molecule has 1 amide bonds. The number of nitrogens with zero attached hydrogens (tertiary/aromatic N) is 1. The highest BCUT2D eigenvalue weighted by molar-refractivity contribution is 9.10. The second-order valence-corrected chi connectivity index (χ2v) is 6.07. The number of carboxylic acid groups (broad SMARTS) is 1. The molecular weight excluding hydrogens is 350 g/mol. The van der Waals surface area contributed by atoms with E-state index >= 15 is 0 Å². The predicted octanol–water partition coefficient (Wildman–Crippen LogP) is 2.79. The minimum Gasteiger partial charge on any atom is -0.496 e. The van der Waals surface area contributed by atoms with E-state index in [9.17, 15) is 9.59 Å². The van der Waals surface area contributed by atoms with Crippen LogP contribution in [-0.2, 0) is 9.59 Å². The third-order valence-electron chi connectivity index (χ3n) is 3.75. The number of carbonyl (C=O) groups excluding carboxylic acids is 1. The van der Waals surface area contributed by atoms with Crippen LogP contribution in [-0.4, -0.2) is 42.1 Å². The van der Waals surface area contributed by atoms with E-state index in [1.807, 2.05) is 18.2 Å². The van der Waals surface area contributed by atoms with Crippen LogP contribution in [0.15, 0.2) is 28.7 Å². The van der Waals surface area contributed by atoms with Crippen molar-refractivity contribution in [1.29, 1.82) is 0 Å². The van der Waals surface area contributed by atoms with E-state index in [0.29, 0.717) is 31.7 Å². The summed E-state index contributed by atoms with van der Waals surface area (Å²) in [6.07, 6.45) is 4.24. The Labute approximate surface area is 137 Å². The lowest BCUT2D eigenvalue weighted by molar-refractivity contribution is -0.144. The third kappa shape index (κ3) is 4.10. The zero-order chi connectivity index (χ0) is 16.1. The minimum absolute atomic E-state index is 0.106. The fourth-order valence-electron chi connectivity index (χ4n) is 2.45. The van der Waals surface area contributed by atoms with Crippen LogP contribution in [0.3, 0.4) is 0 Å². The van der Waals surface area contributed by atoms with Crippen molar-refractivity contribution in [2.45, 2.75) is 12.8 Å². The Morgan fingerprint density at radius 2 is 2.05 bits per heavy atom. The smallest absolute Gasteiger partial charge is 0.306 e. The molecule has 0 spiro atoms. The molecule has 1 aromatic carbocycles. The Morgan fingerprint density at radius 3 is 2.64 bits per heavy atom. The fraction of sp³-hybridized carbons (Fsp3) is 0.375. The Hall–Kier alpha value is -1.82. The average Bonchev–Trinajstić information content (AvgIpc) is 2.52. The molecule has 1 aliphatic rings. The van der Waals surface area contributed by atoms with Crippen molar-refractivity contribution in [1.82, 2.24) is 4.90 Å². The summed E-state index contributed by atoms with van der Waals surface area (Å²) < 4.78 is 6.16. The second-order valence-electron chi connectivity index (χ2n) is 5.16. The van der Waals surface area contributed by atoms with Crippen LogP contribution in [0.2, 0.25) is 0 Å². The van der Waals surface area contributed by atoms with Crippen molar-refractivity contribution in [2.24, 2.45) is 5.92 Å². The molecule has 0 saturated carbocycles. The van der Waals surface area contributed by atoms with Crippen molar-refractivity contribution in [3.63, 3.8) is 0 Å². The summed E-state index contributed by atoms with van der Waals surface area (Å²) in [7, 11) is 1.58. The summed E-state index contributed by atoms with van der Waals surface area (Å²) >= 11 is 3.39. The van der Waals surface area contributed by atoms with Crippen LogP contribution in [0.4, 0.5) is 0 Å². The maximum atomic E-state index is 12.2. The van der Waals surface area contributed by atoms with Crippen LogP contribution < -0.4 is 4.74 Å². The lowest BCUT2D eigenvalue weighted by Crippen LogP contribution is -2.39. The van der Waals surface area contributed by atoms with E-state index in [1.54, 1.807) is 18.1 Å². The molecule has 0 aliphatic carbocycles. The Kier molecular flexibility index (Phi) is 5.60. The highest BCUT2D eigenvalue weighted by atomic mass is 79.9. The highest BCUT2D eigenvalue weighted by Crippen LogP contribution is 2.24. The van der Waals surface area contributed by atoms with Gasteiger partial charge in [-0.05, 0) is 37.1 Å². The molecule has 0 bridgehead atoms. The van der Waals surface area contributed by atoms with Gasteiger partial charge in [0.05, 0.1) is 13.0 Å². The van der Waals surface area contributed by atoms with Gasteiger partial charge in [-0.3, -0.25) is 9.59 Å². The van der Waals surface area contributed by atoms with Crippen molar-refractivity contribution < 1.29 is 19.4 Å². The van der Waals surface area contributed by atoms with Gasteiger partial charge in [0.1, 0.15) is 5.75 Å². The number of hydrogen-bond acceptors (Lipinski definition) is 3. The SMILES string of the molecule is COc1ccc(Br)cc1/C=C\C(=O)N1CCC(C(=O)O)CC1. The van der Waals surface area contributed by atoms with Gasteiger partial charge in [0.15, 0.2) is 0 Å². The molecule has 1 heterocycles. The molecule has 22 heavy (non-hydrogen) atoms. The zero-order valence-electron chi connectivity index (χ0n) is 12.3. The van der Waals surface area contributed by atoms with Gasteiger partial charge in [0, 0.05) is 29.2 Å². The first-order chi connectivity index (χ1) is 10.5. The molecule has 0 atom stereocenters. The summed E-state index contributed by atoms with van der Waals surface area (Å²) in [6, 6.07) is 5.57. The van der Waals surface area contributed by atoms with Gasteiger partial charge in [0.2, 0.25) is 5.91 Å². The highest BCUT2D eigenvalue weighted by Gasteiger charge is 2.25. The fourth-order valence-corrected chi connectivity index (χ4v) is 2.83. The zero-order valence-corrected chi connectivity index (χ0v) is 13.9. The number of piperidine rings is 1. The van der Waals surface area contributed by atoms with Gasteiger partial charge in [-0.1, -0.05) is 15.9 Å². The van der Waals surface area contributed by atoms with Crippen molar-refractivity contribution in [3.05, 3.63) is 34.3 Å². The van der Waals surface area contributed by atoms with E-state index in [-0.39, 0.29) is 11.8 Å². The normalized spacial score (nSPS) is 16.0. The number of hydrogen-bond donors (Lipinski definition) is 1. The predicted molar refractivity (Wildman–Crippen MR) is 86.7 cm³/mol. The number of benzene rings is 1. The third-order valence-corrected chi connectivity index (χ3v) is 4.25. The first kappa shape index (κ1) is 16.5. The number of halogens is 1. The molecule has 118 valence electrons. The number of carbonyl (C=O) groups is 2. The summed E-state index contributed by atoms with van der Waals surface area (Å²) in [5.74, 6) is -0.526. The van der Waals surface area contributed by atoms with Crippen LogP contribution in [0.1, 0.15) is 18.4 Å². The van der Waals surface area contributed by atoms with Gasteiger partial charge < -0.3 is 14.7 Å². The monoisotopic (exact) mass is 367 g/mol. The van der Waals surface area contributed by atoms with Crippen molar-refractivity contribution >= 4 is 33.9 Å². The number of rotatable bonds is 4. The van der Waals surface area contributed by atoms with Gasteiger partial charge in [0.25, 0.3) is 0 Å². The lowest BCUT2D eigenvalue weighted by Gasteiger charge is -2.29. The molecular formula is C16H18BrNO4. The van der Waals surface area contributed by atoms with Crippen molar-refractivity contribution in [3.8, 4) is 5.75 Å². The summed E-state index contributed by atoms with van der Waals surface area (Å²) in [5, 5.41) is 8.96. The van der Waals surface area contributed by atoms with E-state index in [1.165, 1.54) is 6.08 Å². The number of likely N-dealkylation sites (tertiary alicyclic amines) is 1. The summed E-state index contributed by atoms with van der Waals surface area (Å²) in [5.41, 5.74) is 0.811. The van der Waals surface area contributed by atoms with Gasteiger partial charge in [-0.2, -0.15) is 0 Å². The minimum atomic E-state index is -0.776. The Balaban J connectivity index is 2.00. The largest absolute Gasteiger partial charge is 0.496 e. The number of ether oxygens (including phenoxy) is 1. The molecule has 5 nitrogen and oxygen atoms in total.